The van der Waals surface area contributed by atoms with Gasteiger partial charge < -0.3 is 14.9 Å². The van der Waals surface area contributed by atoms with Crippen LogP contribution in [0.25, 0.3) is 0 Å². The molecule has 0 spiro atoms. The Bertz CT molecular complexity index is 513. The number of aromatic nitrogens is 2. The fourth-order valence-corrected chi connectivity index (χ4v) is 1.71. The van der Waals surface area contributed by atoms with Crippen LogP contribution in [0.5, 0.6) is 0 Å². The molecule has 0 bridgehead atoms. The molecule has 17 heavy (non-hydrogen) atoms. The van der Waals surface area contributed by atoms with Gasteiger partial charge in [0.15, 0.2) is 12.4 Å². The van der Waals surface area contributed by atoms with Gasteiger partial charge in [0, 0.05) is 12.3 Å². The quantitative estimate of drug-likeness (QED) is 0.567. The van der Waals surface area contributed by atoms with Gasteiger partial charge in [-0.15, -0.1) is 0 Å². The van der Waals surface area contributed by atoms with Crippen LogP contribution in [0.1, 0.15) is 6.23 Å². The molecule has 2 heterocycles. The molecule has 94 valence electrons. The zero-order valence-corrected chi connectivity index (χ0v) is 8.62. The third kappa shape index (κ3) is 2.02. The topological polar surface area (TPSA) is 105 Å². The second-order valence-electron chi connectivity index (χ2n) is 3.70. The third-order valence-electron chi connectivity index (χ3n) is 2.59. The number of hydrogen-bond donors (Lipinski definition) is 3. The Morgan fingerprint density at radius 2 is 2.24 bits per heavy atom. The van der Waals surface area contributed by atoms with E-state index in [2.05, 4.69) is 0 Å². The van der Waals surface area contributed by atoms with Gasteiger partial charge >= 0.3 is 5.69 Å². The molecule has 1 aliphatic heterocycles. The summed E-state index contributed by atoms with van der Waals surface area (Å²) >= 11 is 0. The molecule has 8 heteroatoms. The molecule has 0 radical (unpaired) electrons. The predicted octanol–water partition coefficient (Wildman–Crippen LogP) is -1.87. The average Bonchev–Trinajstić information content (AvgIpc) is 2.57. The van der Waals surface area contributed by atoms with E-state index in [1.807, 2.05) is 4.98 Å². The van der Waals surface area contributed by atoms with Gasteiger partial charge in [-0.3, -0.25) is 14.3 Å². The second kappa shape index (κ2) is 4.40. The number of rotatable bonds is 2. The fourth-order valence-electron chi connectivity index (χ4n) is 1.71. The molecule has 2 rings (SSSR count). The van der Waals surface area contributed by atoms with Crippen molar-refractivity contribution in [2.24, 2.45) is 0 Å². The maximum Gasteiger partial charge on any atom is 0.330 e. The molecule has 1 fully saturated rings. The van der Waals surface area contributed by atoms with Crippen LogP contribution in [-0.2, 0) is 4.74 Å². The minimum atomic E-state index is -1.79. The normalized spacial score (nSPS) is 32.9. The molecule has 1 aromatic heterocycles. The lowest BCUT2D eigenvalue weighted by Crippen LogP contribution is -2.36. The number of aliphatic hydroxyl groups excluding tert-OH is 2. The molecular weight excluding hydrogens is 235 g/mol. The van der Waals surface area contributed by atoms with Crippen LogP contribution in [0.4, 0.5) is 4.39 Å². The van der Waals surface area contributed by atoms with Crippen molar-refractivity contribution in [1.82, 2.24) is 9.55 Å². The number of hydrogen-bond acceptors (Lipinski definition) is 5. The zero-order valence-electron chi connectivity index (χ0n) is 8.62. The van der Waals surface area contributed by atoms with E-state index >= 15 is 0 Å². The van der Waals surface area contributed by atoms with E-state index in [1.54, 1.807) is 0 Å². The van der Waals surface area contributed by atoms with Crippen LogP contribution in [0.3, 0.4) is 0 Å². The molecule has 4 atom stereocenters. The first-order valence-electron chi connectivity index (χ1n) is 4.94. The lowest BCUT2D eigenvalue weighted by molar-refractivity contribution is -0.0537. The van der Waals surface area contributed by atoms with Crippen molar-refractivity contribution in [2.75, 3.05) is 6.61 Å². The number of ether oxygens (including phenoxy) is 1. The smallest absolute Gasteiger partial charge is 0.330 e. The molecule has 0 unspecified atom stereocenters. The second-order valence-corrected chi connectivity index (χ2v) is 3.70. The SMILES string of the molecule is O=c1ccn([C@@H]2O[C@H](CO)[C@@H](F)[C@@H]2O)c(=O)[nH]1. The van der Waals surface area contributed by atoms with Gasteiger partial charge in [-0.2, -0.15) is 0 Å². The number of halogens is 1. The Morgan fingerprint density at radius 3 is 2.76 bits per heavy atom. The van der Waals surface area contributed by atoms with Crippen molar-refractivity contribution in [1.29, 1.82) is 0 Å². The van der Waals surface area contributed by atoms with Gasteiger partial charge in [0.05, 0.1) is 6.61 Å². The van der Waals surface area contributed by atoms with Gasteiger partial charge in [-0.1, -0.05) is 0 Å². The molecule has 0 amide bonds. The first-order valence-corrected chi connectivity index (χ1v) is 4.94. The van der Waals surface area contributed by atoms with Gasteiger partial charge in [-0.05, 0) is 0 Å². The van der Waals surface area contributed by atoms with E-state index in [0.29, 0.717) is 0 Å². The highest BCUT2D eigenvalue weighted by atomic mass is 19.1. The fraction of sp³-hybridized carbons (Fsp3) is 0.556. The first kappa shape index (κ1) is 12.0. The van der Waals surface area contributed by atoms with Crippen LogP contribution < -0.4 is 11.2 Å². The highest BCUT2D eigenvalue weighted by molar-refractivity contribution is 4.93. The van der Waals surface area contributed by atoms with Crippen LogP contribution in [-0.4, -0.2) is 44.8 Å². The lowest BCUT2D eigenvalue weighted by atomic mass is 10.1. The van der Waals surface area contributed by atoms with E-state index in [4.69, 9.17) is 9.84 Å². The van der Waals surface area contributed by atoms with Gasteiger partial charge in [0.25, 0.3) is 5.56 Å². The molecule has 3 N–H and O–H groups in total. The number of nitrogens with one attached hydrogen (secondary N) is 1. The van der Waals surface area contributed by atoms with Gasteiger partial charge in [0.2, 0.25) is 0 Å². The zero-order chi connectivity index (χ0) is 12.6. The highest BCUT2D eigenvalue weighted by Crippen LogP contribution is 2.29. The highest BCUT2D eigenvalue weighted by Gasteiger charge is 2.45. The Hall–Kier alpha value is -1.51. The number of aliphatic hydroxyl groups is 2. The number of H-pyrrole nitrogens is 1. The number of aromatic amines is 1. The van der Waals surface area contributed by atoms with Crippen molar-refractivity contribution in [3.8, 4) is 0 Å². The summed E-state index contributed by atoms with van der Waals surface area (Å²) in [6, 6.07) is 1.05. The Labute approximate surface area is 94.1 Å². The van der Waals surface area contributed by atoms with Gasteiger partial charge in [-0.25, -0.2) is 9.18 Å². The third-order valence-corrected chi connectivity index (χ3v) is 2.59. The predicted molar refractivity (Wildman–Crippen MR) is 53.2 cm³/mol. The maximum atomic E-state index is 13.4. The summed E-state index contributed by atoms with van der Waals surface area (Å²) in [6.07, 6.45) is -4.71. The summed E-state index contributed by atoms with van der Waals surface area (Å²) in [6.45, 7) is -0.604. The minimum Gasteiger partial charge on any atom is -0.394 e. The first-order chi connectivity index (χ1) is 8.04. The lowest BCUT2D eigenvalue weighted by Gasteiger charge is -2.16. The summed E-state index contributed by atoms with van der Waals surface area (Å²) in [4.78, 5) is 24.2. The van der Waals surface area contributed by atoms with E-state index < -0.39 is 42.5 Å². The minimum absolute atomic E-state index is 0.603. The van der Waals surface area contributed by atoms with Crippen molar-refractivity contribution in [2.45, 2.75) is 24.6 Å². The van der Waals surface area contributed by atoms with E-state index in [0.717, 1.165) is 16.8 Å². The molecule has 1 saturated heterocycles. The molecule has 0 aromatic carbocycles. The molecule has 0 aliphatic carbocycles. The van der Waals surface area contributed by atoms with Crippen molar-refractivity contribution < 1.29 is 19.3 Å². The summed E-state index contributed by atoms with van der Waals surface area (Å²) < 4.78 is 19.3. The monoisotopic (exact) mass is 246 g/mol. The molecule has 7 nitrogen and oxygen atoms in total. The van der Waals surface area contributed by atoms with Crippen LogP contribution in [0.15, 0.2) is 21.9 Å². The number of nitrogens with zero attached hydrogens (tertiary/aromatic N) is 1. The average molecular weight is 246 g/mol. The standard InChI is InChI=1S/C9H11FN2O5/c10-6-4(3-13)17-8(7(6)15)12-2-1-5(14)11-9(12)16/h1-2,4,6-8,13,15H,3H2,(H,11,14,16)/t4-,6-,7+,8-/m1/s1. The maximum absolute atomic E-state index is 13.4. The van der Waals surface area contributed by atoms with Crippen molar-refractivity contribution in [3.63, 3.8) is 0 Å². The van der Waals surface area contributed by atoms with E-state index in [-0.39, 0.29) is 0 Å². The summed E-state index contributed by atoms with van der Waals surface area (Å²) in [7, 11) is 0. The van der Waals surface area contributed by atoms with E-state index in [9.17, 15) is 19.1 Å². The van der Waals surface area contributed by atoms with Crippen LogP contribution in [0.2, 0.25) is 0 Å². The molecule has 1 aromatic rings. The number of alkyl halides is 1. The Morgan fingerprint density at radius 1 is 1.53 bits per heavy atom. The summed E-state index contributed by atoms with van der Waals surface area (Å²) in [5.41, 5.74) is -1.42. The van der Waals surface area contributed by atoms with Crippen LogP contribution in [0, 0.1) is 0 Å². The van der Waals surface area contributed by atoms with E-state index in [1.165, 1.54) is 0 Å². The summed E-state index contributed by atoms with van der Waals surface area (Å²) in [5, 5.41) is 18.4. The van der Waals surface area contributed by atoms with Crippen LogP contribution >= 0.6 is 0 Å². The molecule has 1 aliphatic rings. The van der Waals surface area contributed by atoms with Crippen molar-refractivity contribution in [3.05, 3.63) is 33.1 Å². The Kier molecular flexibility index (Phi) is 3.09. The van der Waals surface area contributed by atoms with Crippen molar-refractivity contribution >= 4 is 0 Å². The summed E-state index contributed by atoms with van der Waals surface area (Å²) in [5.74, 6) is 0. The van der Waals surface area contributed by atoms with Gasteiger partial charge in [0.1, 0.15) is 12.2 Å². The largest absolute Gasteiger partial charge is 0.394 e. The molecular formula is C9H11FN2O5. The molecule has 0 saturated carbocycles. The Balaban J connectivity index is 2.35.